The van der Waals surface area contributed by atoms with Gasteiger partial charge in [0.2, 0.25) is 12.5 Å². The molecule has 0 radical (unpaired) electrons. The molecule has 0 aliphatic carbocycles. The minimum atomic E-state index is -0.413. The summed E-state index contributed by atoms with van der Waals surface area (Å²) in [7, 11) is 0. The minimum Gasteiger partial charge on any atom is -0.463 e. The van der Waals surface area contributed by atoms with Crippen molar-refractivity contribution in [2.24, 2.45) is 10.2 Å². The summed E-state index contributed by atoms with van der Waals surface area (Å²) in [6.07, 6.45) is 6.93. The van der Waals surface area contributed by atoms with Crippen LogP contribution in [0.4, 0.5) is 0 Å². The summed E-state index contributed by atoms with van der Waals surface area (Å²) in [5, 5.41) is 8.44. The lowest BCUT2D eigenvalue weighted by atomic mass is 10.1. The smallest absolute Gasteiger partial charge is 0.228 e. The van der Waals surface area contributed by atoms with Crippen LogP contribution < -0.4 is 9.47 Å². The van der Waals surface area contributed by atoms with Gasteiger partial charge in [0.05, 0.1) is 0 Å². The van der Waals surface area contributed by atoms with Gasteiger partial charge in [-0.05, 0) is 36.4 Å². The zero-order valence-corrected chi connectivity index (χ0v) is 11.8. The molecule has 2 aliphatic rings. The van der Waals surface area contributed by atoms with Crippen LogP contribution in [0.25, 0.3) is 12.2 Å². The van der Waals surface area contributed by atoms with Gasteiger partial charge in [-0.2, -0.15) is 0 Å². The van der Waals surface area contributed by atoms with E-state index in [0.717, 1.165) is 22.6 Å². The Kier molecular flexibility index (Phi) is 3.20. The second kappa shape index (κ2) is 5.48. The molecule has 2 aromatic rings. The Morgan fingerprint density at radius 2 is 1.09 bits per heavy atom. The van der Waals surface area contributed by atoms with Crippen LogP contribution in [0.1, 0.15) is 11.1 Å². The predicted molar refractivity (Wildman–Crippen MR) is 84.6 cm³/mol. The summed E-state index contributed by atoms with van der Waals surface area (Å²) < 4.78 is 11.5. The average molecular weight is 290 g/mol. The molecule has 0 saturated carbocycles. The van der Waals surface area contributed by atoms with Crippen LogP contribution in [-0.2, 0) is 0 Å². The highest BCUT2D eigenvalue weighted by atomic mass is 16.5. The van der Waals surface area contributed by atoms with Crippen molar-refractivity contribution in [2.75, 3.05) is 0 Å². The first-order chi connectivity index (χ1) is 10.9. The molecule has 108 valence electrons. The Labute approximate surface area is 128 Å². The summed E-state index contributed by atoms with van der Waals surface area (Å²) in [6.45, 7) is 0. The third kappa shape index (κ3) is 2.51. The SMILES string of the molecule is C1=CC(N=NC2C=Cc3ccccc3O2)Oc2ccccc21. The Balaban J connectivity index is 1.46. The van der Waals surface area contributed by atoms with Crippen LogP contribution in [0.2, 0.25) is 0 Å². The van der Waals surface area contributed by atoms with Gasteiger partial charge in [-0.25, -0.2) is 0 Å². The van der Waals surface area contributed by atoms with Crippen molar-refractivity contribution in [3.05, 3.63) is 71.8 Å². The number of azo groups is 1. The van der Waals surface area contributed by atoms with E-state index in [4.69, 9.17) is 9.47 Å². The van der Waals surface area contributed by atoms with Crippen molar-refractivity contribution in [3.8, 4) is 11.5 Å². The fourth-order valence-electron chi connectivity index (χ4n) is 2.42. The Bertz CT molecular complexity index is 715. The Hall–Kier alpha value is -2.88. The first kappa shape index (κ1) is 12.8. The van der Waals surface area contributed by atoms with Crippen molar-refractivity contribution in [1.29, 1.82) is 0 Å². The summed E-state index contributed by atoms with van der Waals surface area (Å²) in [4.78, 5) is 0. The molecule has 2 aromatic carbocycles. The van der Waals surface area contributed by atoms with Crippen LogP contribution in [0.5, 0.6) is 11.5 Å². The number of benzene rings is 2. The van der Waals surface area contributed by atoms with E-state index in [0.29, 0.717) is 0 Å². The number of rotatable bonds is 2. The molecule has 0 bridgehead atoms. The molecular weight excluding hydrogens is 276 g/mol. The highest BCUT2D eigenvalue weighted by Gasteiger charge is 2.16. The monoisotopic (exact) mass is 290 g/mol. The molecule has 0 fully saturated rings. The van der Waals surface area contributed by atoms with E-state index >= 15 is 0 Å². The highest BCUT2D eigenvalue weighted by molar-refractivity contribution is 5.60. The summed E-state index contributed by atoms with van der Waals surface area (Å²) in [5.41, 5.74) is 2.10. The summed E-state index contributed by atoms with van der Waals surface area (Å²) in [5.74, 6) is 1.64. The second-order valence-corrected chi connectivity index (χ2v) is 5.04. The van der Waals surface area contributed by atoms with E-state index in [1.807, 2.05) is 72.8 Å². The van der Waals surface area contributed by atoms with Crippen LogP contribution in [-0.4, -0.2) is 12.5 Å². The first-order valence-corrected chi connectivity index (χ1v) is 7.16. The third-order valence-electron chi connectivity index (χ3n) is 3.51. The van der Waals surface area contributed by atoms with E-state index in [-0.39, 0.29) is 0 Å². The molecule has 0 spiro atoms. The fourth-order valence-corrected chi connectivity index (χ4v) is 2.42. The van der Waals surface area contributed by atoms with Crippen molar-refractivity contribution in [1.82, 2.24) is 0 Å². The van der Waals surface area contributed by atoms with Crippen molar-refractivity contribution >= 4 is 12.2 Å². The maximum Gasteiger partial charge on any atom is 0.228 e. The molecule has 4 heteroatoms. The van der Waals surface area contributed by atoms with Crippen LogP contribution in [0, 0.1) is 0 Å². The van der Waals surface area contributed by atoms with Crippen LogP contribution in [0.15, 0.2) is 70.9 Å². The van der Waals surface area contributed by atoms with E-state index in [1.54, 1.807) is 0 Å². The fraction of sp³-hybridized carbons (Fsp3) is 0.111. The van der Waals surface area contributed by atoms with Crippen molar-refractivity contribution in [3.63, 3.8) is 0 Å². The molecule has 2 unspecified atom stereocenters. The van der Waals surface area contributed by atoms with Crippen molar-refractivity contribution in [2.45, 2.75) is 12.5 Å². The number of hydrogen-bond acceptors (Lipinski definition) is 4. The largest absolute Gasteiger partial charge is 0.463 e. The molecule has 2 heterocycles. The molecule has 4 nitrogen and oxygen atoms in total. The summed E-state index contributed by atoms with van der Waals surface area (Å²) in [6, 6.07) is 15.7. The Morgan fingerprint density at radius 1 is 0.636 bits per heavy atom. The summed E-state index contributed by atoms with van der Waals surface area (Å²) >= 11 is 0. The predicted octanol–water partition coefficient (Wildman–Crippen LogP) is 4.30. The van der Waals surface area contributed by atoms with Gasteiger partial charge in [0.15, 0.2) is 0 Å². The molecule has 2 atom stereocenters. The third-order valence-corrected chi connectivity index (χ3v) is 3.51. The lowest BCUT2D eigenvalue weighted by Gasteiger charge is -2.19. The van der Waals surface area contributed by atoms with E-state index in [1.165, 1.54) is 0 Å². The van der Waals surface area contributed by atoms with Crippen LogP contribution >= 0.6 is 0 Å². The van der Waals surface area contributed by atoms with Gasteiger partial charge in [0.1, 0.15) is 11.5 Å². The zero-order valence-electron chi connectivity index (χ0n) is 11.8. The number of nitrogens with zero attached hydrogens (tertiary/aromatic N) is 2. The normalized spacial score (nSPS) is 21.8. The van der Waals surface area contributed by atoms with Crippen molar-refractivity contribution < 1.29 is 9.47 Å². The first-order valence-electron chi connectivity index (χ1n) is 7.16. The Morgan fingerprint density at radius 3 is 1.59 bits per heavy atom. The lowest BCUT2D eigenvalue weighted by molar-refractivity contribution is 0.212. The molecule has 0 amide bonds. The molecule has 0 aromatic heterocycles. The zero-order chi connectivity index (χ0) is 14.8. The number of para-hydroxylation sites is 2. The van der Waals surface area contributed by atoms with Gasteiger partial charge in [-0.1, -0.05) is 36.4 Å². The lowest BCUT2D eigenvalue weighted by Crippen LogP contribution is -2.17. The van der Waals surface area contributed by atoms with E-state index < -0.39 is 12.5 Å². The molecule has 22 heavy (non-hydrogen) atoms. The van der Waals surface area contributed by atoms with Gasteiger partial charge in [-0.15, -0.1) is 10.2 Å². The van der Waals surface area contributed by atoms with Gasteiger partial charge in [-0.3, -0.25) is 0 Å². The van der Waals surface area contributed by atoms with E-state index in [2.05, 4.69) is 10.2 Å². The highest BCUT2D eigenvalue weighted by Crippen LogP contribution is 2.27. The van der Waals surface area contributed by atoms with Gasteiger partial charge in [0, 0.05) is 11.1 Å². The topological polar surface area (TPSA) is 43.2 Å². The standard InChI is InChI=1S/C18H14N2O2/c1-3-7-15-13(5-1)9-11-17(21-15)19-20-18-12-10-14-6-2-4-8-16(14)22-18/h1-12,17-18H. The van der Waals surface area contributed by atoms with Gasteiger partial charge >= 0.3 is 0 Å². The molecular formula is C18H14N2O2. The van der Waals surface area contributed by atoms with E-state index in [9.17, 15) is 0 Å². The molecule has 2 aliphatic heterocycles. The number of fused-ring (bicyclic) bond motifs is 2. The number of ether oxygens (including phenoxy) is 2. The molecule has 0 saturated heterocycles. The minimum absolute atomic E-state index is 0.413. The maximum atomic E-state index is 5.77. The van der Waals surface area contributed by atoms with Gasteiger partial charge < -0.3 is 9.47 Å². The average Bonchev–Trinajstić information content (AvgIpc) is 2.59. The molecule has 0 N–H and O–H groups in total. The second-order valence-electron chi connectivity index (χ2n) is 5.04. The van der Waals surface area contributed by atoms with Crippen LogP contribution in [0.3, 0.4) is 0 Å². The quantitative estimate of drug-likeness (QED) is 0.774. The maximum absolute atomic E-state index is 5.77. The van der Waals surface area contributed by atoms with Gasteiger partial charge in [0.25, 0.3) is 0 Å². The number of hydrogen-bond donors (Lipinski definition) is 0. The molecule has 4 rings (SSSR count).